The van der Waals surface area contributed by atoms with E-state index in [1.165, 1.54) is 13.2 Å². The third kappa shape index (κ3) is 5.91. The van der Waals surface area contributed by atoms with Gasteiger partial charge in [-0.15, -0.1) is 6.58 Å². The van der Waals surface area contributed by atoms with E-state index in [1.807, 2.05) is 4.90 Å². The molecule has 1 fully saturated rings. The Labute approximate surface area is 216 Å². The highest BCUT2D eigenvalue weighted by Gasteiger charge is 2.35. The molecule has 0 saturated carbocycles. The molecule has 1 aromatic heterocycles. The molecule has 0 atom stereocenters. The molecule has 0 spiro atoms. The zero-order chi connectivity index (χ0) is 27.2. The van der Waals surface area contributed by atoms with Crippen LogP contribution in [0.15, 0.2) is 43.0 Å². The number of aromatic nitrogens is 1. The topological polar surface area (TPSA) is 141 Å². The molecule has 1 N–H and O–H groups in total. The van der Waals surface area contributed by atoms with Crippen molar-refractivity contribution in [3.63, 3.8) is 0 Å². The monoisotopic (exact) mass is 526 g/mol. The molecular formula is C26H30N4O6S. The fourth-order valence-corrected chi connectivity index (χ4v) is 6.05. The average molecular weight is 527 g/mol. The number of hydrogen-bond donors (Lipinski definition) is 1. The second-order valence-electron chi connectivity index (χ2n) is 8.60. The molecule has 2 heterocycles. The van der Waals surface area contributed by atoms with Crippen LogP contribution in [0.25, 0.3) is 0 Å². The first kappa shape index (κ1) is 27.7. The van der Waals surface area contributed by atoms with Crippen molar-refractivity contribution in [2.24, 2.45) is 5.92 Å². The van der Waals surface area contributed by atoms with Gasteiger partial charge >= 0.3 is 5.97 Å². The van der Waals surface area contributed by atoms with Crippen LogP contribution in [0.4, 0.5) is 5.82 Å². The predicted octanol–water partition coefficient (Wildman–Crippen LogP) is 2.98. The average Bonchev–Trinajstić information content (AvgIpc) is 2.90. The van der Waals surface area contributed by atoms with Crippen LogP contribution in [0.1, 0.15) is 46.8 Å². The number of hydrogen-bond acceptors (Lipinski definition) is 8. The van der Waals surface area contributed by atoms with Crippen molar-refractivity contribution >= 4 is 27.7 Å². The first-order valence-electron chi connectivity index (χ1n) is 11.9. The Bertz CT molecular complexity index is 1310. The van der Waals surface area contributed by atoms with E-state index >= 15 is 0 Å². The number of carbonyl (C=O) groups excluding carboxylic acids is 1. The number of piperidine rings is 1. The number of nitriles is 1. The van der Waals surface area contributed by atoms with Gasteiger partial charge in [-0.05, 0) is 30.4 Å². The first-order chi connectivity index (χ1) is 17.7. The molecule has 0 aliphatic carbocycles. The van der Waals surface area contributed by atoms with Crippen LogP contribution in [-0.2, 0) is 27.0 Å². The number of sulfonamides is 1. The number of rotatable bonds is 10. The molecule has 2 aromatic rings. The highest BCUT2D eigenvalue weighted by atomic mass is 32.2. The van der Waals surface area contributed by atoms with Gasteiger partial charge in [0.05, 0.1) is 25.0 Å². The van der Waals surface area contributed by atoms with Gasteiger partial charge in [0.25, 0.3) is 0 Å². The molecule has 3 rings (SSSR count). The van der Waals surface area contributed by atoms with Crippen LogP contribution in [-0.4, -0.2) is 61.4 Å². The van der Waals surface area contributed by atoms with E-state index in [-0.39, 0.29) is 29.3 Å². The minimum atomic E-state index is -3.92. The highest BCUT2D eigenvalue weighted by Crippen LogP contribution is 2.34. The second kappa shape index (κ2) is 11.9. The maximum atomic E-state index is 13.3. The normalized spacial score (nSPS) is 14.0. The Balaban J connectivity index is 1.83. The van der Waals surface area contributed by atoms with Crippen LogP contribution in [0.5, 0.6) is 5.88 Å². The summed E-state index contributed by atoms with van der Waals surface area (Å²) in [4.78, 5) is 31.3. The molecule has 0 radical (unpaired) electrons. The van der Waals surface area contributed by atoms with Gasteiger partial charge in [-0.25, -0.2) is 17.5 Å². The Kier molecular flexibility index (Phi) is 8.89. The lowest BCUT2D eigenvalue weighted by molar-refractivity contribution is -0.130. The molecule has 1 aliphatic rings. The van der Waals surface area contributed by atoms with E-state index in [2.05, 4.69) is 17.6 Å². The molecule has 196 valence electrons. The second-order valence-corrected chi connectivity index (χ2v) is 10.5. The quantitative estimate of drug-likeness (QED) is 0.463. The lowest BCUT2D eigenvalue weighted by Gasteiger charge is -2.35. The lowest BCUT2D eigenvalue weighted by atomic mass is 9.94. The summed E-state index contributed by atoms with van der Waals surface area (Å²) in [6, 6.07) is 10.7. The maximum Gasteiger partial charge on any atom is 0.341 e. The van der Waals surface area contributed by atoms with Crippen LogP contribution in [0, 0.1) is 17.2 Å². The van der Waals surface area contributed by atoms with Gasteiger partial charge in [-0.3, -0.25) is 4.79 Å². The SMILES string of the molecule is C=CCN(C(=O)C1CCN(c2nc(OC)c(C(=O)O)c(CC)c2C#N)CC1)S(=O)(=O)Cc1ccccc1. The molecule has 11 heteroatoms. The van der Waals surface area contributed by atoms with Gasteiger partial charge in [0, 0.05) is 19.0 Å². The minimum absolute atomic E-state index is 0.0827. The summed E-state index contributed by atoms with van der Waals surface area (Å²) in [5.41, 5.74) is 0.933. The van der Waals surface area contributed by atoms with Crippen LogP contribution < -0.4 is 9.64 Å². The fourth-order valence-electron chi connectivity index (χ4n) is 4.53. The summed E-state index contributed by atoms with van der Waals surface area (Å²) >= 11 is 0. The standard InChI is InChI=1S/C26H30N4O6S/c1-4-13-30(37(34,35)17-18-9-7-6-8-10-18)25(31)19-11-14-29(15-12-19)23-21(16-27)20(5-2)22(26(32)33)24(28-23)36-3/h4,6-10,19H,1,5,11-15,17H2,2-3H3,(H,32,33). The molecule has 1 amide bonds. The van der Waals surface area contributed by atoms with Crippen molar-refractivity contribution in [1.82, 2.24) is 9.29 Å². The summed E-state index contributed by atoms with van der Waals surface area (Å²) in [7, 11) is -2.60. The van der Waals surface area contributed by atoms with E-state index in [1.54, 1.807) is 37.3 Å². The molecule has 37 heavy (non-hydrogen) atoms. The van der Waals surface area contributed by atoms with Crippen molar-refractivity contribution in [3.8, 4) is 11.9 Å². The van der Waals surface area contributed by atoms with Gasteiger partial charge in [-0.2, -0.15) is 10.2 Å². The van der Waals surface area contributed by atoms with Gasteiger partial charge in [0.15, 0.2) is 5.82 Å². The first-order valence-corrected chi connectivity index (χ1v) is 13.5. The van der Waals surface area contributed by atoms with Crippen LogP contribution in [0.2, 0.25) is 0 Å². The summed E-state index contributed by atoms with van der Waals surface area (Å²) in [5.74, 6) is -2.34. The molecule has 0 bridgehead atoms. The number of carboxylic acids is 1. The van der Waals surface area contributed by atoms with Gasteiger partial charge in [0.2, 0.25) is 21.8 Å². The van der Waals surface area contributed by atoms with Crippen molar-refractivity contribution in [1.29, 1.82) is 5.26 Å². The number of carbonyl (C=O) groups is 2. The minimum Gasteiger partial charge on any atom is -0.480 e. The van der Waals surface area contributed by atoms with Gasteiger partial charge in [-0.1, -0.05) is 43.3 Å². The van der Waals surface area contributed by atoms with E-state index in [4.69, 9.17) is 4.74 Å². The summed E-state index contributed by atoms with van der Waals surface area (Å²) < 4.78 is 32.3. The van der Waals surface area contributed by atoms with Crippen molar-refractivity contribution in [3.05, 3.63) is 65.2 Å². The van der Waals surface area contributed by atoms with Crippen LogP contribution >= 0.6 is 0 Å². The highest BCUT2D eigenvalue weighted by molar-refractivity contribution is 7.88. The molecule has 10 nitrogen and oxygen atoms in total. The zero-order valence-corrected chi connectivity index (χ0v) is 21.7. The lowest BCUT2D eigenvalue weighted by Crippen LogP contribution is -2.45. The maximum absolute atomic E-state index is 13.3. The number of amides is 1. The number of pyridine rings is 1. The van der Waals surface area contributed by atoms with Crippen molar-refractivity contribution < 1.29 is 27.9 Å². The van der Waals surface area contributed by atoms with Gasteiger partial charge in [0.1, 0.15) is 11.6 Å². The number of ether oxygens (including phenoxy) is 1. The largest absolute Gasteiger partial charge is 0.480 e. The van der Waals surface area contributed by atoms with Gasteiger partial charge < -0.3 is 14.7 Å². The summed E-state index contributed by atoms with van der Waals surface area (Å²) in [5, 5.41) is 19.5. The molecule has 1 aliphatic heterocycles. The number of benzene rings is 1. The van der Waals surface area contributed by atoms with Crippen molar-refractivity contribution in [2.45, 2.75) is 31.9 Å². The number of methoxy groups -OCH3 is 1. The smallest absolute Gasteiger partial charge is 0.341 e. The fraction of sp³-hybridized carbons (Fsp3) is 0.385. The van der Waals surface area contributed by atoms with Crippen LogP contribution in [0.3, 0.4) is 0 Å². The third-order valence-electron chi connectivity index (χ3n) is 6.33. The van der Waals surface area contributed by atoms with E-state index in [0.717, 1.165) is 4.31 Å². The molecule has 1 aromatic carbocycles. The summed E-state index contributed by atoms with van der Waals surface area (Å²) in [6.45, 7) is 5.90. The number of aromatic carboxylic acids is 1. The van der Waals surface area contributed by atoms with E-state index in [9.17, 15) is 28.4 Å². The predicted molar refractivity (Wildman–Crippen MR) is 138 cm³/mol. The Morgan fingerprint density at radius 1 is 1.30 bits per heavy atom. The Hall–Kier alpha value is -3.91. The molecule has 1 saturated heterocycles. The Morgan fingerprint density at radius 3 is 2.46 bits per heavy atom. The third-order valence-corrected chi connectivity index (χ3v) is 8.03. The Morgan fingerprint density at radius 2 is 1.95 bits per heavy atom. The van der Waals surface area contributed by atoms with Crippen molar-refractivity contribution in [2.75, 3.05) is 31.6 Å². The number of anilines is 1. The molecule has 0 unspecified atom stereocenters. The van der Waals surface area contributed by atoms with E-state index in [0.29, 0.717) is 49.3 Å². The zero-order valence-electron chi connectivity index (χ0n) is 20.9. The molecular weight excluding hydrogens is 496 g/mol. The number of nitrogens with zero attached hydrogens (tertiary/aromatic N) is 4. The number of carboxylic acid groups (broad SMARTS) is 1. The van der Waals surface area contributed by atoms with E-state index < -0.39 is 27.8 Å². The summed E-state index contributed by atoms with van der Waals surface area (Å²) in [6.07, 6.45) is 2.36.